The number of benzene rings is 2. The predicted molar refractivity (Wildman–Crippen MR) is 87.9 cm³/mol. The second-order valence-electron chi connectivity index (χ2n) is 5.26. The monoisotopic (exact) mass is 311 g/mol. The molecule has 1 heterocycles. The lowest BCUT2D eigenvalue weighted by atomic mass is 9.95. The van der Waals surface area contributed by atoms with Gasteiger partial charge in [0.15, 0.2) is 11.6 Å². The first-order chi connectivity index (χ1) is 11.2. The Hall–Kier alpha value is -2.66. The summed E-state index contributed by atoms with van der Waals surface area (Å²) >= 11 is 0. The van der Waals surface area contributed by atoms with E-state index >= 15 is 0 Å². The van der Waals surface area contributed by atoms with Crippen molar-refractivity contribution >= 4 is 0 Å². The van der Waals surface area contributed by atoms with Crippen molar-refractivity contribution in [3.05, 3.63) is 71.7 Å². The molecule has 0 spiro atoms. The zero-order valence-electron chi connectivity index (χ0n) is 12.8. The van der Waals surface area contributed by atoms with Crippen LogP contribution in [0.1, 0.15) is 17.2 Å². The predicted octanol–water partition coefficient (Wildman–Crippen LogP) is 3.32. The summed E-state index contributed by atoms with van der Waals surface area (Å²) in [5, 5.41) is 7.36. The van der Waals surface area contributed by atoms with Crippen LogP contribution in [0.25, 0.3) is 11.3 Å². The molecule has 0 aliphatic rings. The summed E-state index contributed by atoms with van der Waals surface area (Å²) in [6.45, 7) is 0.349. The number of rotatable bonds is 5. The highest BCUT2D eigenvalue weighted by molar-refractivity contribution is 5.59. The molecule has 5 heteroatoms. The van der Waals surface area contributed by atoms with Gasteiger partial charge in [-0.1, -0.05) is 36.4 Å². The highest BCUT2D eigenvalue weighted by atomic mass is 19.1. The number of hydrogen-bond acceptors (Lipinski definition) is 3. The van der Waals surface area contributed by atoms with E-state index in [-0.39, 0.29) is 11.7 Å². The van der Waals surface area contributed by atoms with Crippen molar-refractivity contribution in [2.45, 2.75) is 5.92 Å². The van der Waals surface area contributed by atoms with Gasteiger partial charge in [-0.3, -0.25) is 5.10 Å². The van der Waals surface area contributed by atoms with Crippen molar-refractivity contribution < 1.29 is 9.13 Å². The first-order valence-corrected chi connectivity index (χ1v) is 7.37. The van der Waals surface area contributed by atoms with E-state index in [1.807, 2.05) is 42.5 Å². The van der Waals surface area contributed by atoms with E-state index in [4.69, 9.17) is 10.5 Å². The Morgan fingerprint density at radius 2 is 1.96 bits per heavy atom. The summed E-state index contributed by atoms with van der Waals surface area (Å²) in [6.07, 6.45) is 0. The molecule has 1 unspecified atom stereocenters. The van der Waals surface area contributed by atoms with Crippen LogP contribution in [0.5, 0.6) is 5.75 Å². The van der Waals surface area contributed by atoms with E-state index in [1.165, 1.54) is 13.2 Å². The molecule has 1 atom stereocenters. The maximum atomic E-state index is 13.9. The minimum atomic E-state index is -0.397. The van der Waals surface area contributed by atoms with Crippen molar-refractivity contribution in [1.82, 2.24) is 10.2 Å². The zero-order chi connectivity index (χ0) is 16.2. The smallest absolute Gasteiger partial charge is 0.165 e. The summed E-state index contributed by atoms with van der Waals surface area (Å²) in [6, 6.07) is 16.7. The molecule has 0 bridgehead atoms. The van der Waals surface area contributed by atoms with Crippen LogP contribution >= 0.6 is 0 Å². The third-order valence-electron chi connectivity index (χ3n) is 3.86. The molecule has 2 aromatic carbocycles. The number of ether oxygens (including phenoxy) is 1. The third-order valence-corrected chi connectivity index (χ3v) is 3.86. The fraction of sp³-hybridized carbons (Fsp3) is 0.167. The van der Waals surface area contributed by atoms with Crippen LogP contribution in [0, 0.1) is 5.82 Å². The van der Waals surface area contributed by atoms with Crippen LogP contribution in [0.4, 0.5) is 4.39 Å². The molecule has 23 heavy (non-hydrogen) atoms. The molecule has 3 rings (SSSR count). The molecular weight excluding hydrogens is 293 g/mol. The number of H-pyrrole nitrogens is 1. The van der Waals surface area contributed by atoms with E-state index < -0.39 is 5.82 Å². The number of methoxy groups -OCH3 is 1. The molecule has 0 aliphatic carbocycles. The lowest BCUT2D eigenvalue weighted by molar-refractivity contribution is 0.386. The number of nitrogens with one attached hydrogen (secondary N) is 1. The quantitative estimate of drug-likeness (QED) is 0.760. The summed E-state index contributed by atoms with van der Waals surface area (Å²) < 4.78 is 18.9. The number of aromatic amines is 1. The van der Waals surface area contributed by atoms with Crippen LogP contribution in [0.3, 0.4) is 0 Å². The summed E-state index contributed by atoms with van der Waals surface area (Å²) in [5.41, 5.74) is 9.41. The number of nitrogens with zero attached hydrogens (tertiary/aromatic N) is 1. The second kappa shape index (κ2) is 6.62. The average Bonchev–Trinajstić information content (AvgIpc) is 3.06. The van der Waals surface area contributed by atoms with Gasteiger partial charge in [-0.2, -0.15) is 5.10 Å². The standard InChI is InChI=1S/C18H18FN3O/c1-23-18-8-7-13(9-15(18)19)14(11-20)17-10-16(21-22-17)12-5-3-2-4-6-12/h2-10,14H,11,20H2,1H3,(H,21,22). The van der Waals surface area contributed by atoms with E-state index in [1.54, 1.807) is 6.07 Å². The molecule has 3 N–H and O–H groups in total. The Kier molecular flexibility index (Phi) is 4.39. The van der Waals surface area contributed by atoms with Gasteiger partial charge in [0.05, 0.1) is 12.8 Å². The van der Waals surface area contributed by atoms with Gasteiger partial charge in [-0.05, 0) is 23.8 Å². The highest BCUT2D eigenvalue weighted by Gasteiger charge is 2.17. The lowest BCUT2D eigenvalue weighted by Gasteiger charge is -2.14. The minimum Gasteiger partial charge on any atom is -0.494 e. The van der Waals surface area contributed by atoms with Gasteiger partial charge >= 0.3 is 0 Å². The maximum absolute atomic E-state index is 13.9. The van der Waals surface area contributed by atoms with Crippen molar-refractivity contribution in [3.8, 4) is 17.0 Å². The van der Waals surface area contributed by atoms with Gasteiger partial charge in [-0.25, -0.2) is 4.39 Å². The molecule has 0 fully saturated rings. The van der Waals surface area contributed by atoms with E-state index in [0.29, 0.717) is 6.54 Å². The van der Waals surface area contributed by atoms with E-state index in [2.05, 4.69) is 10.2 Å². The Balaban J connectivity index is 1.93. The first-order valence-electron chi connectivity index (χ1n) is 7.37. The van der Waals surface area contributed by atoms with Gasteiger partial charge in [0.2, 0.25) is 0 Å². The highest BCUT2D eigenvalue weighted by Crippen LogP contribution is 2.28. The molecule has 4 nitrogen and oxygen atoms in total. The molecule has 0 amide bonds. The number of aromatic nitrogens is 2. The van der Waals surface area contributed by atoms with Crippen molar-refractivity contribution in [1.29, 1.82) is 0 Å². The minimum absolute atomic E-state index is 0.152. The Morgan fingerprint density at radius 3 is 2.61 bits per heavy atom. The van der Waals surface area contributed by atoms with E-state index in [9.17, 15) is 4.39 Å². The average molecular weight is 311 g/mol. The van der Waals surface area contributed by atoms with Crippen molar-refractivity contribution in [3.63, 3.8) is 0 Å². The molecular formula is C18H18FN3O. The van der Waals surface area contributed by atoms with Gasteiger partial charge < -0.3 is 10.5 Å². The van der Waals surface area contributed by atoms with Gasteiger partial charge in [0.1, 0.15) is 0 Å². The second-order valence-corrected chi connectivity index (χ2v) is 5.26. The normalized spacial score (nSPS) is 12.1. The summed E-state index contributed by atoms with van der Waals surface area (Å²) in [7, 11) is 1.44. The third kappa shape index (κ3) is 3.10. The number of hydrogen-bond donors (Lipinski definition) is 2. The van der Waals surface area contributed by atoms with Crippen LogP contribution in [-0.4, -0.2) is 23.9 Å². The van der Waals surface area contributed by atoms with E-state index in [0.717, 1.165) is 22.5 Å². The molecule has 0 aliphatic heterocycles. The maximum Gasteiger partial charge on any atom is 0.165 e. The summed E-state index contributed by atoms with van der Waals surface area (Å²) in [4.78, 5) is 0. The van der Waals surface area contributed by atoms with Crippen LogP contribution < -0.4 is 10.5 Å². The fourth-order valence-corrected chi connectivity index (χ4v) is 2.61. The first kappa shape index (κ1) is 15.2. The van der Waals surface area contributed by atoms with Crippen LogP contribution in [0.2, 0.25) is 0 Å². The SMILES string of the molecule is COc1ccc(C(CN)c2cc(-c3ccccc3)n[nH]2)cc1F. The molecule has 0 saturated heterocycles. The molecule has 0 saturated carbocycles. The number of halogens is 1. The Labute approximate surface area is 134 Å². The molecule has 3 aromatic rings. The molecule has 0 radical (unpaired) electrons. The summed E-state index contributed by atoms with van der Waals surface area (Å²) in [5.74, 6) is -0.328. The topological polar surface area (TPSA) is 63.9 Å². The van der Waals surface area contributed by atoms with Gasteiger partial charge in [0.25, 0.3) is 0 Å². The van der Waals surface area contributed by atoms with Crippen LogP contribution in [-0.2, 0) is 0 Å². The van der Waals surface area contributed by atoms with Gasteiger partial charge in [0, 0.05) is 23.7 Å². The van der Waals surface area contributed by atoms with Crippen molar-refractivity contribution in [2.75, 3.05) is 13.7 Å². The van der Waals surface area contributed by atoms with Crippen LogP contribution in [0.15, 0.2) is 54.6 Å². The molecule has 1 aromatic heterocycles. The van der Waals surface area contributed by atoms with Gasteiger partial charge in [-0.15, -0.1) is 0 Å². The number of nitrogens with two attached hydrogens (primary N) is 1. The van der Waals surface area contributed by atoms with Crippen molar-refractivity contribution in [2.24, 2.45) is 5.73 Å². The lowest BCUT2D eigenvalue weighted by Crippen LogP contribution is -2.14. The Bertz CT molecular complexity index is 786. The Morgan fingerprint density at radius 1 is 1.17 bits per heavy atom. The zero-order valence-corrected chi connectivity index (χ0v) is 12.8. The molecule has 118 valence electrons. The largest absolute Gasteiger partial charge is 0.494 e. The fourth-order valence-electron chi connectivity index (χ4n) is 2.61.